The molecule has 3 N–H and O–H groups in total. The average Bonchev–Trinajstić information content (AvgIpc) is 2.64. The average molecular weight is 314 g/mol. The van der Waals surface area contributed by atoms with Crippen LogP contribution >= 0.6 is 0 Å². The van der Waals surface area contributed by atoms with E-state index in [1.807, 2.05) is 0 Å². The molecule has 6 heteroatoms. The quantitative estimate of drug-likeness (QED) is 0.839. The molecule has 1 fully saturated rings. The lowest BCUT2D eigenvalue weighted by Crippen LogP contribution is -2.39. The maximum atomic E-state index is 13.4. The van der Waals surface area contributed by atoms with Crippen LogP contribution in [0.3, 0.4) is 0 Å². The number of hydrogen-bond donors (Lipinski definition) is 2. The van der Waals surface area contributed by atoms with E-state index in [4.69, 9.17) is 5.73 Å². The Bertz CT molecular complexity index is 589. The van der Waals surface area contributed by atoms with Crippen LogP contribution in [0.25, 0.3) is 0 Å². The van der Waals surface area contributed by atoms with Crippen LogP contribution in [0.2, 0.25) is 0 Å². The van der Waals surface area contributed by atoms with Crippen molar-refractivity contribution in [2.45, 2.75) is 56.5 Å². The third kappa shape index (κ3) is 4.02. The van der Waals surface area contributed by atoms with Gasteiger partial charge in [-0.15, -0.1) is 0 Å². The van der Waals surface area contributed by atoms with Crippen LogP contribution in [0.4, 0.5) is 4.39 Å². The molecule has 0 heterocycles. The van der Waals surface area contributed by atoms with E-state index >= 15 is 0 Å². The first-order valence-electron chi connectivity index (χ1n) is 7.45. The number of nitrogens with two attached hydrogens (primary N) is 1. The van der Waals surface area contributed by atoms with Crippen molar-refractivity contribution < 1.29 is 12.8 Å². The van der Waals surface area contributed by atoms with Crippen LogP contribution in [-0.2, 0) is 16.6 Å². The Morgan fingerprint density at radius 1 is 1.29 bits per heavy atom. The van der Waals surface area contributed by atoms with Gasteiger partial charge in [-0.05, 0) is 36.5 Å². The van der Waals surface area contributed by atoms with Crippen molar-refractivity contribution in [2.75, 3.05) is 0 Å². The predicted octanol–water partition coefficient (Wildman–Crippen LogP) is 2.53. The molecule has 1 aliphatic carbocycles. The lowest BCUT2D eigenvalue weighted by Gasteiger charge is -2.23. The Morgan fingerprint density at radius 2 is 2.00 bits per heavy atom. The van der Waals surface area contributed by atoms with E-state index in [0.29, 0.717) is 5.56 Å². The van der Waals surface area contributed by atoms with Gasteiger partial charge in [-0.3, -0.25) is 0 Å². The molecule has 0 amide bonds. The minimum Gasteiger partial charge on any atom is -0.326 e. The van der Waals surface area contributed by atoms with Gasteiger partial charge in [0.05, 0.1) is 4.90 Å². The first-order valence-corrected chi connectivity index (χ1v) is 8.93. The summed E-state index contributed by atoms with van der Waals surface area (Å²) in [4.78, 5) is -0.0403. The van der Waals surface area contributed by atoms with Crippen molar-refractivity contribution in [1.82, 2.24) is 4.72 Å². The van der Waals surface area contributed by atoms with Crippen molar-refractivity contribution in [2.24, 2.45) is 11.7 Å². The second-order valence-corrected chi connectivity index (χ2v) is 7.48. The van der Waals surface area contributed by atoms with E-state index in [1.165, 1.54) is 12.1 Å². The minimum absolute atomic E-state index is 0.0403. The van der Waals surface area contributed by atoms with Gasteiger partial charge >= 0.3 is 0 Å². The van der Waals surface area contributed by atoms with Gasteiger partial charge in [0, 0.05) is 12.6 Å². The highest BCUT2D eigenvalue weighted by atomic mass is 32.2. The van der Waals surface area contributed by atoms with Crippen LogP contribution in [0.5, 0.6) is 0 Å². The summed E-state index contributed by atoms with van der Waals surface area (Å²) < 4.78 is 41.3. The molecule has 0 spiro atoms. The molecule has 2 unspecified atom stereocenters. The number of nitrogens with one attached hydrogen (secondary N) is 1. The lowest BCUT2D eigenvalue weighted by molar-refractivity contribution is 0.399. The normalized spacial score (nSPS) is 23.8. The molecule has 0 aromatic heterocycles. The van der Waals surface area contributed by atoms with Crippen LogP contribution in [0, 0.1) is 11.7 Å². The summed E-state index contributed by atoms with van der Waals surface area (Å²) in [6, 6.07) is 3.62. The summed E-state index contributed by atoms with van der Waals surface area (Å²) >= 11 is 0. The fourth-order valence-corrected chi connectivity index (χ4v) is 4.52. The lowest BCUT2D eigenvalue weighted by atomic mass is 9.98. The molecule has 2 atom stereocenters. The maximum absolute atomic E-state index is 13.4. The highest BCUT2D eigenvalue weighted by molar-refractivity contribution is 7.89. The second kappa shape index (κ2) is 6.85. The monoisotopic (exact) mass is 314 g/mol. The molecule has 1 aliphatic rings. The summed E-state index contributed by atoms with van der Waals surface area (Å²) in [6.07, 6.45) is 5.13. The Hall–Kier alpha value is -0.980. The topological polar surface area (TPSA) is 72.2 Å². The highest BCUT2D eigenvalue weighted by Crippen LogP contribution is 2.25. The highest BCUT2D eigenvalue weighted by Gasteiger charge is 2.27. The van der Waals surface area contributed by atoms with Crippen LogP contribution in [-0.4, -0.2) is 14.5 Å². The molecule has 0 saturated heterocycles. The zero-order valence-corrected chi connectivity index (χ0v) is 13.1. The standard InChI is InChI=1S/C15H23FN2O2S/c1-11-5-3-2-4-6-14(11)18-21(19,20)15-9-13(16)8-7-12(15)10-17/h7-9,11,14,18H,2-6,10,17H2,1H3. The van der Waals surface area contributed by atoms with Gasteiger partial charge in [0.25, 0.3) is 0 Å². The molecule has 4 nitrogen and oxygen atoms in total. The molecule has 21 heavy (non-hydrogen) atoms. The Kier molecular flexibility index (Phi) is 5.35. The Balaban J connectivity index is 2.27. The van der Waals surface area contributed by atoms with Crippen LogP contribution < -0.4 is 10.5 Å². The van der Waals surface area contributed by atoms with E-state index in [0.717, 1.165) is 38.2 Å². The van der Waals surface area contributed by atoms with Crippen molar-refractivity contribution >= 4 is 10.0 Å². The van der Waals surface area contributed by atoms with Gasteiger partial charge in [-0.25, -0.2) is 17.5 Å². The van der Waals surface area contributed by atoms with E-state index in [1.54, 1.807) is 0 Å². The van der Waals surface area contributed by atoms with Gasteiger partial charge < -0.3 is 5.73 Å². The zero-order valence-electron chi connectivity index (χ0n) is 12.3. The van der Waals surface area contributed by atoms with Crippen molar-refractivity contribution in [3.63, 3.8) is 0 Å². The molecule has 118 valence electrons. The number of sulfonamides is 1. The Morgan fingerprint density at radius 3 is 2.71 bits per heavy atom. The molecular formula is C15H23FN2O2S. The van der Waals surface area contributed by atoms with Crippen LogP contribution in [0.1, 0.15) is 44.6 Å². The number of hydrogen-bond acceptors (Lipinski definition) is 3. The third-order valence-electron chi connectivity index (χ3n) is 4.21. The largest absolute Gasteiger partial charge is 0.326 e. The van der Waals surface area contributed by atoms with Gasteiger partial charge in [0.1, 0.15) is 5.82 Å². The van der Waals surface area contributed by atoms with Gasteiger partial charge in [-0.1, -0.05) is 32.3 Å². The first kappa shape index (κ1) is 16.4. The second-order valence-electron chi connectivity index (χ2n) is 5.80. The third-order valence-corrected chi connectivity index (χ3v) is 5.78. The number of rotatable bonds is 4. The Labute approximate surface area is 126 Å². The summed E-state index contributed by atoms with van der Waals surface area (Å²) in [7, 11) is -3.74. The fraction of sp³-hybridized carbons (Fsp3) is 0.600. The molecule has 0 bridgehead atoms. The summed E-state index contributed by atoms with van der Waals surface area (Å²) in [5, 5.41) is 0. The number of halogens is 1. The smallest absolute Gasteiger partial charge is 0.241 e. The molecule has 0 aliphatic heterocycles. The van der Waals surface area contributed by atoms with E-state index in [9.17, 15) is 12.8 Å². The number of benzene rings is 1. The van der Waals surface area contributed by atoms with Crippen LogP contribution in [0.15, 0.2) is 23.1 Å². The molecular weight excluding hydrogens is 291 g/mol. The summed E-state index contributed by atoms with van der Waals surface area (Å²) in [5.74, 6) is -0.279. The van der Waals surface area contributed by atoms with Gasteiger partial charge in [-0.2, -0.15) is 0 Å². The molecule has 2 rings (SSSR count). The summed E-state index contributed by atoms with van der Waals surface area (Å²) in [6.45, 7) is 2.13. The fourth-order valence-electron chi connectivity index (χ4n) is 2.88. The van der Waals surface area contributed by atoms with E-state index in [-0.39, 0.29) is 23.4 Å². The first-order chi connectivity index (χ1) is 9.94. The van der Waals surface area contributed by atoms with Crippen molar-refractivity contribution in [3.8, 4) is 0 Å². The van der Waals surface area contributed by atoms with Crippen molar-refractivity contribution in [1.29, 1.82) is 0 Å². The molecule has 1 aromatic rings. The minimum atomic E-state index is -3.74. The predicted molar refractivity (Wildman–Crippen MR) is 80.6 cm³/mol. The van der Waals surface area contributed by atoms with E-state index in [2.05, 4.69) is 11.6 Å². The SMILES string of the molecule is CC1CCCCCC1NS(=O)(=O)c1cc(F)ccc1CN. The van der Waals surface area contributed by atoms with E-state index < -0.39 is 15.8 Å². The molecule has 1 aromatic carbocycles. The van der Waals surface area contributed by atoms with Crippen molar-refractivity contribution in [3.05, 3.63) is 29.6 Å². The van der Waals surface area contributed by atoms with Gasteiger partial charge in [0.2, 0.25) is 10.0 Å². The molecule has 0 radical (unpaired) electrons. The summed E-state index contributed by atoms with van der Waals surface area (Å²) in [5.41, 5.74) is 6.00. The molecule has 1 saturated carbocycles. The zero-order chi connectivity index (χ0) is 15.5. The van der Waals surface area contributed by atoms with Gasteiger partial charge in [0.15, 0.2) is 0 Å². The maximum Gasteiger partial charge on any atom is 0.241 e.